The molecule has 0 unspecified atom stereocenters. The monoisotopic (exact) mass is 393 g/mol. The van der Waals surface area contributed by atoms with Crippen molar-refractivity contribution in [3.05, 3.63) is 63.4 Å². The molecule has 0 aliphatic rings. The van der Waals surface area contributed by atoms with Crippen LogP contribution in [-0.2, 0) is 6.54 Å². The Bertz CT molecular complexity index is 810. The lowest BCUT2D eigenvalue weighted by Gasteiger charge is -2.05. The highest BCUT2D eigenvalue weighted by molar-refractivity contribution is 14.1. The SMILES string of the molecule is O=C(O)c1c(CNc2cccc(I)c2)oc2ccccc12. The first-order chi connectivity index (χ1) is 10.1. The first-order valence-electron chi connectivity index (χ1n) is 6.38. The molecule has 5 heteroatoms. The van der Waals surface area contributed by atoms with Crippen LogP contribution >= 0.6 is 22.6 Å². The van der Waals surface area contributed by atoms with Gasteiger partial charge in [-0.2, -0.15) is 0 Å². The number of hydrogen-bond acceptors (Lipinski definition) is 3. The number of carboxylic acids is 1. The molecule has 0 spiro atoms. The molecule has 0 saturated carbocycles. The van der Waals surface area contributed by atoms with Gasteiger partial charge in [0.1, 0.15) is 16.9 Å². The minimum absolute atomic E-state index is 0.226. The summed E-state index contributed by atoms with van der Waals surface area (Å²) in [6.07, 6.45) is 0. The van der Waals surface area contributed by atoms with Crippen LogP contribution in [0.15, 0.2) is 52.9 Å². The van der Waals surface area contributed by atoms with Gasteiger partial charge in [-0.25, -0.2) is 4.79 Å². The van der Waals surface area contributed by atoms with Crippen LogP contribution in [0.25, 0.3) is 11.0 Å². The van der Waals surface area contributed by atoms with Crippen LogP contribution in [-0.4, -0.2) is 11.1 Å². The summed E-state index contributed by atoms with van der Waals surface area (Å²) in [7, 11) is 0. The van der Waals surface area contributed by atoms with Crippen LogP contribution in [0.5, 0.6) is 0 Å². The molecule has 0 amide bonds. The zero-order chi connectivity index (χ0) is 14.8. The summed E-state index contributed by atoms with van der Waals surface area (Å²) in [5.41, 5.74) is 1.75. The number of para-hydroxylation sites is 1. The Morgan fingerprint density at radius 3 is 2.76 bits per heavy atom. The molecule has 3 rings (SSSR count). The Morgan fingerprint density at radius 1 is 1.19 bits per heavy atom. The molecule has 0 saturated heterocycles. The highest BCUT2D eigenvalue weighted by Crippen LogP contribution is 2.26. The largest absolute Gasteiger partial charge is 0.478 e. The molecule has 0 bridgehead atoms. The van der Waals surface area contributed by atoms with Gasteiger partial charge in [-0.3, -0.25) is 0 Å². The van der Waals surface area contributed by atoms with Crippen molar-refractivity contribution in [2.24, 2.45) is 0 Å². The molecule has 0 aliphatic heterocycles. The van der Waals surface area contributed by atoms with E-state index >= 15 is 0 Å². The van der Waals surface area contributed by atoms with Gasteiger partial charge >= 0.3 is 5.97 Å². The molecule has 0 atom stereocenters. The van der Waals surface area contributed by atoms with E-state index in [0.717, 1.165) is 9.26 Å². The molecule has 4 nitrogen and oxygen atoms in total. The van der Waals surface area contributed by atoms with Gasteiger partial charge in [-0.05, 0) is 46.9 Å². The summed E-state index contributed by atoms with van der Waals surface area (Å²) in [6, 6.07) is 15.0. The first-order valence-corrected chi connectivity index (χ1v) is 7.46. The Morgan fingerprint density at radius 2 is 2.00 bits per heavy atom. The molecule has 21 heavy (non-hydrogen) atoms. The standard InChI is InChI=1S/C16H12INO3/c17-10-4-3-5-11(8-10)18-9-14-15(16(19)20)12-6-1-2-7-13(12)21-14/h1-8,18H,9H2,(H,19,20). The minimum Gasteiger partial charge on any atom is -0.478 e. The predicted molar refractivity (Wildman–Crippen MR) is 89.7 cm³/mol. The van der Waals surface area contributed by atoms with Crippen molar-refractivity contribution in [1.82, 2.24) is 0 Å². The number of rotatable bonds is 4. The lowest BCUT2D eigenvalue weighted by atomic mass is 10.1. The highest BCUT2D eigenvalue weighted by Gasteiger charge is 2.19. The number of carbonyl (C=O) groups is 1. The lowest BCUT2D eigenvalue weighted by molar-refractivity contribution is 0.0696. The highest BCUT2D eigenvalue weighted by atomic mass is 127. The summed E-state index contributed by atoms with van der Waals surface area (Å²) in [4.78, 5) is 11.5. The van der Waals surface area contributed by atoms with E-state index in [0.29, 0.717) is 23.3 Å². The van der Waals surface area contributed by atoms with Crippen molar-refractivity contribution in [2.75, 3.05) is 5.32 Å². The van der Waals surface area contributed by atoms with Gasteiger partial charge in [0.05, 0.1) is 6.54 Å². The van der Waals surface area contributed by atoms with Crippen LogP contribution in [0.2, 0.25) is 0 Å². The van der Waals surface area contributed by atoms with Crippen molar-refractivity contribution in [3.8, 4) is 0 Å². The second kappa shape index (κ2) is 5.77. The normalized spacial score (nSPS) is 10.7. The van der Waals surface area contributed by atoms with E-state index in [4.69, 9.17) is 4.42 Å². The summed E-state index contributed by atoms with van der Waals surface area (Å²) >= 11 is 2.23. The van der Waals surface area contributed by atoms with Crippen molar-refractivity contribution in [2.45, 2.75) is 6.54 Å². The second-order valence-corrected chi connectivity index (χ2v) is 5.81. The van der Waals surface area contributed by atoms with Gasteiger partial charge in [-0.15, -0.1) is 0 Å². The van der Waals surface area contributed by atoms with Crippen LogP contribution < -0.4 is 5.32 Å². The predicted octanol–water partition coefficient (Wildman–Crippen LogP) is 4.35. The van der Waals surface area contributed by atoms with Crippen molar-refractivity contribution >= 4 is 45.2 Å². The smallest absolute Gasteiger partial charge is 0.339 e. The number of halogens is 1. The molecule has 2 aromatic carbocycles. The molecule has 1 heterocycles. The van der Waals surface area contributed by atoms with E-state index in [-0.39, 0.29) is 5.56 Å². The fraction of sp³-hybridized carbons (Fsp3) is 0.0625. The van der Waals surface area contributed by atoms with Gasteiger partial charge in [0.25, 0.3) is 0 Å². The molecular weight excluding hydrogens is 381 g/mol. The van der Waals surface area contributed by atoms with Crippen LogP contribution in [0, 0.1) is 3.57 Å². The number of nitrogens with one attached hydrogen (secondary N) is 1. The molecule has 0 aliphatic carbocycles. The third-order valence-electron chi connectivity index (χ3n) is 3.16. The number of aromatic carboxylic acids is 1. The number of anilines is 1. The first kappa shape index (κ1) is 13.9. The number of carboxylic acid groups (broad SMARTS) is 1. The van der Waals surface area contributed by atoms with Crippen LogP contribution in [0.1, 0.15) is 16.1 Å². The van der Waals surface area contributed by atoms with Gasteiger partial charge in [0.2, 0.25) is 0 Å². The van der Waals surface area contributed by atoms with Gasteiger partial charge in [0, 0.05) is 14.6 Å². The van der Waals surface area contributed by atoms with Crippen molar-refractivity contribution in [1.29, 1.82) is 0 Å². The number of hydrogen-bond donors (Lipinski definition) is 2. The van der Waals surface area contributed by atoms with Crippen LogP contribution in [0.3, 0.4) is 0 Å². The Kier molecular flexibility index (Phi) is 3.83. The van der Waals surface area contributed by atoms with E-state index in [1.807, 2.05) is 30.3 Å². The quantitative estimate of drug-likeness (QED) is 0.648. The topological polar surface area (TPSA) is 62.5 Å². The molecule has 0 fully saturated rings. The second-order valence-electron chi connectivity index (χ2n) is 4.57. The summed E-state index contributed by atoms with van der Waals surface area (Å²) < 4.78 is 6.78. The Labute approximate surface area is 134 Å². The molecular formula is C16H12INO3. The summed E-state index contributed by atoms with van der Waals surface area (Å²) in [5.74, 6) is -0.540. The average molecular weight is 393 g/mol. The zero-order valence-corrected chi connectivity index (χ0v) is 13.1. The fourth-order valence-corrected chi connectivity index (χ4v) is 2.78. The van der Waals surface area contributed by atoms with Gasteiger partial charge in [0.15, 0.2) is 0 Å². The number of fused-ring (bicyclic) bond motifs is 1. The molecule has 3 aromatic rings. The molecule has 1 aromatic heterocycles. The fourth-order valence-electron chi connectivity index (χ4n) is 2.24. The van der Waals surface area contributed by atoms with Gasteiger partial charge in [-0.1, -0.05) is 24.3 Å². The third kappa shape index (κ3) is 2.87. The number of benzene rings is 2. The van der Waals surface area contributed by atoms with E-state index < -0.39 is 5.97 Å². The summed E-state index contributed by atoms with van der Waals surface area (Å²) in [5, 5.41) is 13.2. The molecule has 0 radical (unpaired) electrons. The zero-order valence-electron chi connectivity index (χ0n) is 11.0. The van der Waals surface area contributed by atoms with E-state index in [2.05, 4.69) is 27.9 Å². The van der Waals surface area contributed by atoms with Gasteiger partial charge < -0.3 is 14.8 Å². The Hall–Kier alpha value is -2.02. The van der Waals surface area contributed by atoms with Crippen molar-refractivity contribution in [3.63, 3.8) is 0 Å². The average Bonchev–Trinajstić information content (AvgIpc) is 2.83. The minimum atomic E-state index is -0.973. The van der Waals surface area contributed by atoms with Crippen LogP contribution in [0.4, 0.5) is 5.69 Å². The number of furan rings is 1. The van der Waals surface area contributed by atoms with Crippen molar-refractivity contribution < 1.29 is 14.3 Å². The summed E-state index contributed by atoms with van der Waals surface area (Å²) in [6.45, 7) is 0.330. The molecule has 2 N–H and O–H groups in total. The lowest BCUT2D eigenvalue weighted by Crippen LogP contribution is -2.05. The van der Waals surface area contributed by atoms with E-state index in [1.165, 1.54) is 0 Å². The Balaban J connectivity index is 1.93. The maximum absolute atomic E-state index is 11.5. The maximum Gasteiger partial charge on any atom is 0.339 e. The van der Waals surface area contributed by atoms with E-state index in [9.17, 15) is 9.90 Å². The maximum atomic E-state index is 11.5. The molecule has 106 valence electrons. The third-order valence-corrected chi connectivity index (χ3v) is 3.83. The van der Waals surface area contributed by atoms with E-state index in [1.54, 1.807) is 18.2 Å².